The maximum atomic E-state index is 11.7. The number of carbonyl (C=O) groups is 1. The van der Waals surface area contributed by atoms with Gasteiger partial charge in [-0.1, -0.05) is 18.2 Å². The fourth-order valence-electron chi connectivity index (χ4n) is 1.41. The minimum Gasteiger partial charge on any atom is -0.463 e. The van der Waals surface area contributed by atoms with Crippen LogP contribution in [0.25, 0.3) is 0 Å². The maximum Gasteiger partial charge on any atom is 0.271 e. The Labute approximate surface area is 99.0 Å². The molecule has 0 aliphatic heterocycles. The minimum atomic E-state index is -0.231. The zero-order valence-electron chi connectivity index (χ0n) is 9.38. The summed E-state index contributed by atoms with van der Waals surface area (Å²) in [6, 6.07) is 10.8. The molecule has 2 rings (SSSR count). The molecule has 0 aliphatic carbocycles. The largest absolute Gasteiger partial charge is 0.463 e. The molecule has 0 unspecified atom stereocenters. The highest BCUT2D eigenvalue weighted by Gasteiger charge is 2.05. The van der Waals surface area contributed by atoms with Gasteiger partial charge in [0.2, 0.25) is 0 Å². The predicted octanol–water partition coefficient (Wildman–Crippen LogP) is 2.35. The Bertz CT molecular complexity index is 530. The quantitative estimate of drug-likeness (QED) is 0.647. The summed E-state index contributed by atoms with van der Waals surface area (Å²) < 4.78 is 5.04. The lowest BCUT2D eigenvalue weighted by atomic mass is 10.1. The molecule has 0 aliphatic rings. The fraction of sp³-hybridized carbons (Fsp3) is 0.0769. The Hall–Kier alpha value is -2.36. The molecule has 0 saturated heterocycles. The molecule has 1 aromatic heterocycles. The molecular weight excluding hydrogens is 216 g/mol. The van der Waals surface area contributed by atoms with Gasteiger partial charge in [-0.25, -0.2) is 5.43 Å². The zero-order valence-corrected chi connectivity index (χ0v) is 9.38. The van der Waals surface area contributed by atoms with Crippen molar-refractivity contribution in [3.8, 4) is 0 Å². The molecule has 4 nitrogen and oxygen atoms in total. The molecule has 0 fully saturated rings. The first-order valence-corrected chi connectivity index (χ1v) is 5.20. The molecule has 86 valence electrons. The SMILES string of the molecule is Cc1ccccc1C(=O)NN=Cc1ccco1. The second-order valence-electron chi connectivity index (χ2n) is 3.53. The molecule has 4 heteroatoms. The summed E-state index contributed by atoms with van der Waals surface area (Å²) in [7, 11) is 0. The average molecular weight is 228 g/mol. The van der Waals surface area contributed by atoms with Crippen LogP contribution < -0.4 is 5.43 Å². The number of hydrogen-bond acceptors (Lipinski definition) is 3. The second-order valence-corrected chi connectivity index (χ2v) is 3.53. The summed E-state index contributed by atoms with van der Waals surface area (Å²) >= 11 is 0. The number of aryl methyl sites for hydroxylation is 1. The van der Waals surface area contributed by atoms with E-state index in [1.54, 1.807) is 24.5 Å². The number of amides is 1. The number of hydrazone groups is 1. The van der Waals surface area contributed by atoms with E-state index in [1.807, 2.05) is 25.1 Å². The van der Waals surface area contributed by atoms with Crippen LogP contribution in [0, 0.1) is 6.92 Å². The van der Waals surface area contributed by atoms with Crippen molar-refractivity contribution in [2.45, 2.75) is 6.92 Å². The third-order valence-electron chi connectivity index (χ3n) is 2.29. The van der Waals surface area contributed by atoms with Gasteiger partial charge in [0, 0.05) is 5.56 Å². The molecule has 1 N–H and O–H groups in total. The smallest absolute Gasteiger partial charge is 0.271 e. The van der Waals surface area contributed by atoms with Gasteiger partial charge < -0.3 is 4.42 Å². The third-order valence-corrected chi connectivity index (χ3v) is 2.29. The van der Waals surface area contributed by atoms with Crippen LogP contribution in [0.15, 0.2) is 52.2 Å². The molecule has 2 aromatic rings. The number of nitrogens with one attached hydrogen (secondary N) is 1. The Kier molecular flexibility index (Phi) is 3.35. The second kappa shape index (κ2) is 5.12. The van der Waals surface area contributed by atoms with Crippen molar-refractivity contribution in [1.82, 2.24) is 5.43 Å². The van der Waals surface area contributed by atoms with Crippen LogP contribution in [0.2, 0.25) is 0 Å². The first kappa shape index (κ1) is 11.1. The monoisotopic (exact) mass is 228 g/mol. The third kappa shape index (κ3) is 2.81. The van der Waals surface area contributed by atoms with Gasteiger partial charge in [0.15, 0.2) is 0 Å². The van der Waals surface area contributed by atoms with E-state index in [0.29, 0.717) is 11.3 Å². The summed E-state index contributed by atoms with van der Waals surface area (Å²) in [6.45, 7) is 1.88. The van der Waals surface area contributed by atoms with Gasteiger partial charge in [-0.05, 0) is 30.7 Å². The van der Waals surface area contributed by atoms with E-state index >= 15 is 0 Å². The highest BCUT2D eigenvalue weighted by Crippen LogP contribution is 2.06. The lowest BCUT2D eigenvalue weighted by molar-refractivity contribution is 0.0954. The molecule has 0 saturated carbocycles. The Morgan fingerprint density at radius 1 is 1.29 bits per heavy atom. The summed E-state index contributed by atoms with van der Waals surface area (Å²) in [4.78, 5) is 11.7. The highest BCUT2D eigenvalue weighted by atomic mass is 16.3. The van der Waals surface area contributed by atoms with Crippen LogP contribution in [0.3, 0.4) is 0 Å². The summed E-state index contributed by atoms with van der Waals surface area (Å²) in [6.07, 6.45) is 3.00. The van der Waals surface area contributed by atoms with Crippen LogP contribution in [-0.4, -0.2) is 12.1 Å². The summed E-state index contributed by atoms with van der Waals surface area (Å²) in [5.74, 6) is 0.362. The summed E-state index contributed by atoms with van der Waals surface area (Å²) in [5, 5.41) is 3.81. The van der Waals surface area contributed by atoms with Crippen molar-refractivity contribution in [1.29, 1.82) is 0 Å². The number of furan rings is 1. The highest BCUT2D eigenvalue weighted by molar-refractivity contribution is 5.96. The van der Waals surface area contributed by atoms with E-state index in [2.05, 4.69) is 10.5 Å². The van der Waals surface area contributed by atoms with Crippen LogP contribution in [0.4, 0.5) is 0 Å². The summed E-state index contributed by atoms with van der Waals surface area (Å²) in [5.41, 5.74) is 3.98. The lowest BCUT2D eigenvalue weighted by Crippen LogP contribution is -2.18. The standard InChI is InChI=1S/C13H12N2O2/c1-10-5-2-3-7-12(10)13(16)15-14-9-11-6-4-8-17-11/h2-9H,1H3,(H,15,16). The fourth-order valence-corrected chi connectivity index (χ4v) is 1.41. The Balaban J connectivity index is 2.01. The number of rotatable bonds is 3. The van der Waals surface area contributed by atoms with Crippen LogP contribution in [-0.2, 0) is 0 Å². The molecule has 0 bridgehead atoms. The normalized spacial score (nSPS) is 10.6. The van der Waals surface area contributed by atoms with E-state index in [1.165, 1.54) is 6.21 Å². The predicted molar refractivity (Wildman–Crippen MR) is 64.9 cm³/mol. The lowest BCUT2D eigenvalue weighted by Gasteiger charge is -2.02. The topological polar surface area (TPSA) is 54.6 Å². The van der Waals surface area contributed by atoms with E-state index in [9.17, 15) is 4.79 Å². The van der Waals surface area contributed by atoms with Gasteiger partial charge >= 0.3 is 0 Å². The van der Waals surface area contributed by atoms with Crippen molar-refractivity contribution in [3.63, 3.8) is 0 Å². The number of benzene rings is 1. The Morgan fingerprint density at radius 2 is 2.12 bits per heavy atom. The number of hydrogen-bond donors (Lipinski definition) is 1. The van der Waals surface area contributed by atoms with Crippen molar-refractivity contribution in [2.24, 2.45) is 5.10 Å². The van der Waals surface area contributed by atoms with Gasteiger partial charge in [0.05, 0.1) is 12.5 Å². The van der Waals surface area contributed by atoms with Crippen LogP contribution in [0.1, 0.15) is 21.7 Å². The molecule has 1 aromatic carbocycles. The van der Waals surface area contributed by atoms with Crippen molar-refractivity contribution in [2.75, 3.05) is 0 Å². The van der Waals surface area contributed by atoms with Gasteiger partial charge in [-0.15, -0.1) is 0 Å². The van der Waals surface area contributed by atoms with Crippen molar-refractivity contribution >= 4 is 12.1 Å². The van der Waals surface area contributed by atoms with Gasteiger partial charge in [0.1, 0.15) is 5.76 Å². The molecule has 1 heterocycles. The molecule has 17 heavy (non-hydrogen) atoms. The van der Waals surface area contributed by atoms with Gasteiger partial charge in [-0.3, -0.25) is 4.79 Å². The first-order valence-electron chi connectivity index (χ1n) is 5.20. The Morgan fingerprint density at radius 3 is 2.82 bits per heavy atom. The van der Waals surface area contributed by atoms with Gasteiger partial charge in [0.25, 0.3) is 5.91 Å². The van der Waals surface area contributed by atoms with E-state index < -0.39 is 0 Å². The average Bonchev–Trinajstić information content (AvgIpc) is 2.82. The molecular formula is C13H12N2O2. The molecule has 0 atom stereocenters. The van der Waals surface area contributed by atoms with E-state index in [0.717, 1.165) is 5.56 Å². The van der Waals surface area contributed by atoms with Crippen molar-refractivity contribution < 1.29 is 9.21 Å². The van der Waals surface area contributed by atoms with E-state index in [-0.39, 0.29) is 5.91 Å². The maximum absolute atomic E-state index is 11.7. The molecule has 1 amide bonds. The van der Waals surface area contributed by atoms with E-state index in [4.69, 9.17) is 4.42 Å². The van der Waals surface area contributed by atoms with Gasteiger partial charge in [-0.2, -0.15) is 5.10 Å². The minimum absolute atomic E-state index is 0.231. The number of nitrogens with zero attached hydrogens (tertiary/aromatic N) is 1. The number of carbonyl (C=O) groups excluding carboxylic acids is 1. The first-order chi connectivity index (χ1) is 8.27. The molecule has 0 radical (unpaired) electrons. The van der Waals surface area contributed by atoms with Crippen molar-refractivity contribution in [3.05, 3.63) is 59.5 Å². The molecule has 0 spiro atoms. The zero-order chi connectivity index (χ0) is 12.1. The van der Waals surface area contributed by atoms with Crippen LogP contribution in [0.5, 0.6) is 0 Å². The van der Waals surface area contributed by atoms with Crippen LogP contribution >= 0.6 is 0 Å².